The topological polar surface area (TPSA) is 86.2 Å². The number of nitro groups is 1. The third-order valence-electron chi connectivity index (χ3n) is 5.66. The maximum atomic E-state index is 12.8. The number of nitro benzene ring substituents is 1. The molecule has 2 aromatic carbocycles. The molecule has 5 rings (SSSR count). The normalized spacial score (nSPS) is 12.9. The number of aryl methyl sites for hydroxylation is 1. The molecule has 3 heterocycles. The van der Waals surface area contributed by atoms with Gasteiger partial charge >= 0.3 is 0 Å². The molecule has 0 N–H and O–H groups in total. The lowest BCUT2D eigenvalue weighted by Gasteiger charge is -2.16. The molecule has 0 saturated carbocycles. The lowest BCUT2D eigenvalue weighted by atomic mass is 10.2. The van der Waals surface area contributed by atoms with E-state index in [4.69, 9.17) is 5.10 Å². The predicted octanol–water partition coefficient (Wildman–Crippen LogP) is 4.44. The number of aromatic nitrogens is 3. The van der Waals surface area contributed by atoms with Crippen LogP contribution in [0.15, 0.2) is 79.1 Å². The number of benzene rings is 2. The molecule has 1 aliphatic heterocycles. The largest absolute Gasteiger partial charge is 0.329 e. The molecule has 0 radical (unpaired) electrons. The second-order valence-electron chi connectivity index (χ2n) is 7.97. The van der Waals surface area contributed by atoms with E-state index in [0.29, 0.717) is 13.1 Å². The van der Waals surface area contributed by atoms with Gasteiger partial charge < -0.3 is 9.47 Å². The lowest BCUT2D eigenvalue weighted by Crippen LogP contribution is -2.24. The number of amides is 1. The molecule has 2 aromatic heterocycles. The Morgan fingerprint density at radius 1 is 1.06 bits per heavy atom. The van der Waals surface area contributed by atoms with Gasteiger partial charge in [-0.3, -0.25) is 14.9 Å². The molecule has 0 atom stereocenters. The average Bonchev–Trinajstić information content (AvgIpc) is 3.54. The molecule has 8 heteroatoms. The minimum atomic E-state index is -0.446. The van der Waals surface area contributed by atoms with Crippen molar-refractivity contribution in [3.63, 3.8) is 0 Å². The highest BCUT2D eigenvalue weighted by molar-refractivity contribution is 5.92. The van der Waals surface area contributed by atoms with Crippen LogP contribution in [-0.2, 0) is 17.9 Å². The van der Waals surface area contributed by atoms with Gasteiger partial charge in [0, 0.05) is 36.2 Å². The molecule has 0 fully saturated rings. The van der Waals surface area contributed by atoms with Crippen molar-refractivity contribution in [2.24, 2.45) is 0 Å². The molecule has 0 saturated heterocycles. The number of fused-ring (bicyclic) bond motifs is 1. The molecule has 164 valence electrons. The SMILES string of the molecule is Cc1cccc(-n2nc3c(c2-n2cccc2)CN(C(=O)C=Cc2ccc([N+](=O)[O-])cc2)C3)c1. The summed E-state index contributed by atoms with van der Waals surface area (Å²) in [7, 11) is 0. The van der Waals surface area contributed by atoms with E-state index in [9.17, 15) is 14.9 Å². The van der Waals surface area contributed by atoms with Crippen molar-refractivity contribution in [3.05, 3.63) is 112 Å². The highest BCUT2D eigenvalue weighted by atomic mass is 16.6. The fraction of sp³-hybridized carbons (Fsp3) is 0.120. The summed E-state index contributed by atoms with van der Waals surface area (Å²) in [6, 6.07) is 18.2. The highest BCUT2D eigenvalue weighted by Gasteiger charge is 2.30. The Labute approximate surface area is 190 Å². The van der Waals surface area contributed by atoms with Gasteiger partial charge in [0.05, 0.1) is 29.4 Å². The monoisotopic (exact) mass is 439 g/mol. The lowest BCUT2D eigenvalue weighted by molar-refractivity contribution is -0.384. The Morgan fingerprint density at radius 3 is 2.52 bits per heavy atom. The summed E-state index contributed by atoms with van der Waals surface area (Å²) in [6.07, 6.45) is 7.12. The number of rotatable bonds is 5. The molecular weight excluding hydrogens is 418 g/mol. The summed E-state index contributed by atoms with van der Waals surface area (Å²) in [4.78, 5) is 24.9. The molecule has 0 bridgehead atoms. The van der Waals surface area contributed by atoms with Crippen LogP contribution in [0.5, 0.6) is 0 Å². The molecule has 4 aromatic rings. The zero-order chi connectivity index (χ0) is 22.9. The van der Waals surface area contributed by atoms with Crippen LogP contribution < -0.4 is 0 Å². The van der Waals surface area contributed by atoms with Gasteiger partial charge in [-0.05, 0) is 60.5 Å². The van der Waals surface area contributed by atoms with Crippen molar-refractivity contribution in [3.8, 4) is 11.5 Å². The summed E-state index contributed by atoms with van der Waals surface area (Å²) in [5.74, 6) is 0.794. The van der Waals surface area contributed by atoms with Crippen LogP contribution in [0.1, 0.15) is 22.4 Å². The Bertz CT molecular complexity index is 1370. The van der Waals surface area contributed by atoms with Gasteiger partial charge in [-0.2, -0.15) is 5.10 Å². The molecule has 1 aliphatic rings. The number of non-ortho nitro benzene ring substituents is 1. The molecule has 0 spiro atoms. The maximum absolute atomic E-state index is 12.8. The number of hydrogen-bond acceptors (Lipinski definition) is 4. The third kappa shape index (κ3) is 3.94. The molecule has 0 aliphatic carbocycles. The van der Waals surface area contributed by atoms with Gasteiger partial charge in [0.15, 0.2) is 0 Å². The number of carbonyl (C=O) groups is 1. The summed E-state index contributed by atoms with van der Waals surface area (Å²) >= 11 is 0. The zero-order valence-electron chi connectivity index (χ0n) is 18.0. The second kappa shape index (κ2) is 8.23. The molecule has 0 unspecified atom stereocenters. The van der Waals surface area contributed by atoms with Crippen molar-refractivity contribution in [1.29, 1.82) is 0 Å². The highest BCUT2D eigenvalue weighted by Crippen LogP contribution is 2.31. The molecule has 33 heavy (non-hydrogen) atoms. The van der Waals surface area contributed by atoms with Crippen molar-refractivity contribution < 1.29 is 9.72 Å². The van der Waals surface area contributed by atoms with Crippen molar-refractivity contribution >= 4 is 17.7 Å². The van der Waals surface area contributed by atoms with Crippen LogP contribution in [0.25, 0.3) is 17.6 Å². The van der Waals surface area contributed by atoms with E-state index in [2.05, 4.69) is 6.07 Å². The fourth-order valence-electron chi connectivity index (χ4n) is 4.02. The summed E-state index contributed by atoms with van der Waals surface area (Å²) in [6.45, 7) is 2.93. The van der Waals surface area contributed by atoms with Gasteiger partial charge in [-0.1, -0.05) is 12.1 Å². The standard InChI is InChI=1S/C25H21N5O3/c1-18-5-4-6-21(15-18)29-25(27-13-2-3-14-27)22-16-28(17-23(22)26-29)24(31)12-9-19-7-10-20(11-8-19)30(32)33/h2-15H,16-17H2,1H3. The van der Waals surface area contributed by atoms with Gasteiger partial charge in [0.25, 0.3) is 5.69 Å². The van der Waals surface area contributed by atoms with Crippen molar-refractivity contribution in [2.75, 3.05) is 0 Å². The van der Waals surface area contributed by atoms with Crippen LogP contribution in [0.4, 0.5) is 5.69 Å². The number of hydrogen-bond donors (Lipinski definition) is 0. The quantitative estimate of drug-likeness (QED) is 0.261. The van der Waals surface area contributed by atoms with Gasteiger partial charge in [0.2, 0.25) is 5.91 Å². The first-order valence-electron chi connectivity index (χ1n) is 10.5. The van der Waals surface area contributed by atoms with E-state index in [1.807, 2.05) is 58.9 Å². The van der Waals surface area contributed by atoms with Crippen molar-refractivity contribution in [2.45, 2.75) is 20.0 Å². The number of nitrogens with zero attached hydrogens (tertiary/aromatic N) is 5. The fourth-order valence-corrected chi connectivity index (χ4v) is 4.02. The minimum absolute atomic E-state index is 0.0199. The smallest absolute Gasteiger partial charge is 0.269 e. The molecule has 1 amide bonds. The number of carbonyl (C=O) groups excluding carboxylic acids is 1. The van der Waals surface area contributed by atoms with Crippen LogP contribution >= 0.6 is 0 Å². The summed E-state index contributed by atoms with van der Waals surface area (Å²) in [5.41, 5.74) is 4.76. The van der Waals surface area contributed by atoms with Crippen molar-refractivity contribution in [1.82, 2.24) is 19.2 Å². The zero-order valence-corrected chi connectivity index (χ0v) is 18.0. The first-order valence-corrected chi connectivity index (χ1v) is 10.5. The van der Waals surface area contributed by atoms with Crippen LogP contribution in [0.2, 0.25) is 0 Å². The minimum Gasteiger partial charge on any atom is -0.329 e. The van der Waals surface area contributed by atoms with Crippen LogP contribution in [0.3, 0.4) is 0 Å². The van der Waals surface area contributed by atoms with Gasteiger partial charge in [-0.15, -0.1) is 0 Å². The second-order valence-corrected chi connectivity index (χ2v) is 7.97. The van der Waals surface area contributed by atoms with Gasteiger partial charge in [0.1, 0.15) is 5.82 Å². The van der Waals surface area contributed by atoms with Gasteiger partial charge in [-0.25, -0.2) is 4.68 Å². The van der Waals surface area contributed by atoms with E-state index in [0.717, 1.165) is 33.9 Å². The Morgan fingerprint density at radius 2 is 1.82 bits per heavy atom. The van der Waals surface area contributed by atoms with E-state index in [-0.39, 0.29) is 11.6 Å². The van der Waals surface area contributed by atoms with Crippen LogP contribution in [0, 0.1) is 17.0 Å². The maximum Gasteiger partial charge on any atom is 0.269 e. The average molecular weight is 439 g/mol. The Balaban J connectivity index is 1.40. The third-order valence-corrected chi connectivity index (χ3v) is 5.66. The van der Waals surface area contributed by atoms with E-state index >= 15 is 0 Å². The first-order chi connectivity index (χ1) is 16.0. The Kier molecular flexibility index (Phi) is 5.10. The first kappa shape index (κ1) is 20.4. The predicted molar refractivity (Wildman–Crippen MR) is 124 cm³/mol. The Hall–Kier alpha value is -4.46. The summed E-state index contributed by atoms with van der Waals surface area (Å²) < 4.78 is 3.96. The van der Waals surface area contributed by atoms with E-state index in [1.165, 1.54) is 18.2 Å². The van der Waals surface area contributed by atoms with E-state index < -0.39 is 4.92 Å². The van der Waals surface area contributed by atoms with Crippen LogP contribution in [-0.4, -0.2) is 30.1 Å². The molecular formula is C25H21N5O3. The molecule has 8 nitrogen and oxygen atoms in total. The van der Waals surface area contributed by atoms with E-state index in [1.54, 1.807) is 23.1 Å². The summed E-state index contributed by atoms with van der Waals surface area (Å²) in [5, 5.41) is 15.6.